The molecule has 30 heavy (non-hydrogen) atoms. The number of rotatable bonds is 10. The highest BCUT2D eigenvalue weighted by Crippen LogP contribution is 2.16. The molecule has 0 bridgehead atoms. The standard InChI is InChI=1S/C23H31N3O4/c1-2-12-25(23(28)24-15-19-8-4-3-5-9-19)18-22(27)26(16-20-10-6-13-29-20)17-21-11-7-14-30-21/h3-6,8-10,13,21H,2,7,11-12,14-18H2,1H3,(H,24,28). The van der Waals surface area contributed by atoms with Crippen LogP contribution in [-0.2, 0) is 22.6 Å². The van der Waals surface area contributed by atoms with Crippen molar-refractivity contribution in [1.29, 1.82) is 0 Å². The van der Waals surface area contributed by atoms with Crippen LogP contribution in [0.4, 0.5) is 4.79 Å². The fraction of sp³-hybridized carbons (Fsp3) is 0.478. The molecule has 2 aromatic rings. The number of furan rings is 1. The highest BCUT2D eigenvalue weighted by molar-refractivity contribution is 5.84. The van der Waals surface area contributed by atoms with Gasteiger partial charge in [-0.3, -0.25) is 4.79 Å². The maximum atomic E-state index is 13.1. The van der Waals surface area contributed by atoms with Crippen molar-refractivity contribution in [2.75, 3.05) is 26.2 Å². The number of carbonyl (C=O) groups excluding carboxylic acids is 2. The molecule has 1 atom stereocenters. The van der Waals surface area contributed by atoms with Crippen LogP contribution in [0.2, 0.25) is 0 Å². The first-order valence-corrected chi connectivity index (χ1v) is 10.6. The van der Waals surface area contributed by atoms with Crippen molar-refractivity contribution in [3.8, 4) is 0 Å². The van der Waals surface area contributed by atoms with Gasteiger partial charge in [-0.05, 0) is 37.0 Å². The van der Waals surface area contributed by atoms with Crippen molar-refractivity contribution < 1.29 is 18.7 Å². The Morgan fingerprint density at radius 1 is 1.13 bits per heavy atom. The van der Waals surface area contributed by atoms with Gasteiger partial charge in [0.15, 0.2) is 0 Å². The van der Waals surface area contributed by atoms with Gasteiger partial charge in [-0.15, -0.1) is 0 Å². The summed E-state index contributed by atoms with van der Waals surface area (Å²) in [5.74, 6) is 0.613. The first-order chi connectivity index (χ1) is 14.7. The quantitative estimate of drug-likeness (QED) is 0.648. The topological polar surface area (TPSA) is 75.0 Å². The summed E-state index contributed by atoms with van der Waals surface area (Å²) in [5, 5.41) is 2.92. The molecule has 1 fully saturated rings. The number of benzene rings is 1. The summed E-state index contributed by atoms with van der Waals surface area (Å²) in [6.45, 7) is 4.58. The molecule has 2 heterocycles. The van der Waals surface area contributed by atoms with Gasteiger partial charge >= 0.3 is 6.03 Å². The van der Waals surface area contributed by atoms with E-state index >= 15 is 0 Å². The third-order valence-corrected chi connectivity index (χ3v) is 5.12. The van der Waals surface area contributed by atoms with Gasteiger partial charge in [0.2, 0.25) is 5.91 Å². The summed E-state index contributed by atoms with van der Waals surface area (Å²) in [6.07, 6.45) is 4.37. The zero-order valence-corrected chi connectivity index (χ0v) is 17.6. The Labute approximate surface area is 178 Å². The van der Waals surface area contributed by atoms with Crippen LogP contribution >= 0.6 is 0 Å². The molecule has 7 heteroatoms. The van der Waals surface area contributed by atoms with E-state index in [2.05, 4.69) is 5.32 Å². The number of hydrogen-bond donors (Lipinski definition) is 1. The van der Waals surface area contributed by atoms with Gasteiger partial charge in [0, 0.05) is 26.2 Å². The van der Waals surface area contributed by atoms with Gasteiger partial charge in [0.1, 0.15) is 12.3 Å². The van der Waals surface area contributed by atoms with Crippen molar-refractivity contribution in [2.24, 2.45) is 0 Å². The summed E-state index contributed by atoms with van der Waals surface area (Å²) >= 11 is 0. The fourth-order valence-corrected chi connectivity index (χ4v) is 3.55. The molecule has 1 N–H and O–H groups in total. The predicted octanol–water partition coefficient (Wildman–Crippen LogP) is 3.41. The van der Waals surface area contributed by atoms with Crippen molar-refractivity contribution in [3.05, 3.63) is 60.1 Å². The van der Waals surface area contributed by atoms with Crippen LogP contribution in [0.25, 0.3) is 0 Å². The third kappa shape index (κ3) is 6.62. The number of ether oxygens (including phenoxy) is 1. The minimum absolute atomic E-state index is 0.0297. The van der Waals surface area contributed by atoms with Crippen LogP contribution in [0.5, 0.6) is 0 Å². The second kappa shape index (κ2) is 11.4. The van der Waals surface area contributed by atoms with E-state index in [1.807, 2.05) is 49.4 Å². The second-order valence-corrected chi connectivity index (χ2v) is 7.55. The first-order valence-electron chi connectivity index (χ1n) is 10.6. The van der Waals surface area contributed by atoms with E-state index in [-0.39, 0.29) is 24.6 Å². The number of amides is 3. The molecule has 162 valence electrons. The molecule has 0 saturated carbocycles. The molecule has 1 aliphatic rings. The lowest BCUT2D eigenvalue weighted by Crippen LogP contribution is -2.48. The number of urea groups is 1. The van der Waals surface area contributed by atoms with Crippen molar-refractivity contribution in [1.82, 2.24) is 15.1 Å². The SMILES string of the molecule is CCCN(CC(=O)N(Cc1ccco1)CC1CCCO1)C(=O)NCc1ccccc1. The van der Waals surface area contributed by atoms with Gasteiger partial charge in [0.25, 0.3) is 0 Å². The molecule has 1 unspecified atom stereocenters. The van der Waals surface area contributed by atoms with Crippen molar-refractivity contribution in [2.45, 2.75) is 45.4 Å². The Kier molecular flexibility index (Phi) is 8.32. The molecule has 0 radical (unpaired) electrons. The predicted molar refractivity (Wildman–Crippen MR) is 114 cm³/mol. The van der Waals surface area contributed by atoms with E-state index in [4.69, 9.17) is 9.15 Å². The molecule has 3 rings (SSSR count). The summed E-state index contributed by atoms with van der Waals surface area (Å²) in [5.41, 5.74) is 1.02. The van der Waals surface area contributed by atoms with E-state index < -0.39 is 0 Å². The van der Waals surface area contributed by atoms with E-state index in [1.54, 1.807) is 16.1 Å². The Morgan fingerprint density at radius 3 is 2.63 bits per heavy atom. The van der Waals surface area contributed by atoms with Crippen LogP contribution < -0.4 is 5.32 Å². The summed E-state index contributed by atoms with van der Waals surface area (Å²) < 4.78 is 11.2. The Balaban J connectivity index is 1.61. The largest absolute Gasteiger partial charge is 0.467 e. The summed E-state index contributed by atoms with van der Waals surface area (Å²) in [4.78, 5) is 29.2. The zero-order chi connectivity index (χ0) is 21.2. The van der Waals surface area contributed by atoms with Crippen molar-refractivity contribution in [3.63, 3.8) is 0 Å². The summed E-state index contributed by atoms with van der Waals surface area (Å²) in [6, 6.07) is 13.2. The maximum absolute atomic E-state index is 13.1. The number of nitrogens with one attached hydrogen (secondary N) is 1. The normalized spacial score (nSPS) is 15.7. The minimum atomic E-state index is -0.232. The van der Waals surface area contributed by atoms with Gasteiger partial charge in [-0.2, -0.15) is 0 Å². The van der Waals surface area contributed by atoms with Crippen LogP contribution in [-0.4, -0.2) is 54.1 Å². The highest BCUT2D eigenvalue weighted by Gasteiger charge is 2.26. The van der Waals surface area contributed by atoms with Crippen LogP contribution in [0.1, 0.15) is 37.5 Å². The number of hydrogen-bond acceptors (Lipinski definition) is 4. The Bertz CT molecular complexity index is 773. The maximum Gasteiger partial charge on any atom is 0.318 e. The van der Waals surface area contributed by atoms with E-state index in [0.29, 0.717) is 26.2 Å². The lowest BCUT2D eigenvalue weighted by atomic mass is 10.2. The first kappa shape index (κ1) is 21.9. The molecule has 3 amide bonds. The van der Waals surface area contributed by atoms with Gasteiger partial charge in [-0.25, -0.2) is 4.79 Å². The third-order valence-electron chi connectivity index (χ3n) is 5.12. The lowest BCUT2D eigenvalue weighted by molar-refractivity contribution is -0.134. The molecule has 0 aliphatic carbocycles. The van der Waals surface area contributed by atoms with E-state index in [1.165, 1.54) is 0 Å². The van der Waals surface area contributed by atoms with E-state index in [9.17, 15) is 9.59 Å². The number of nitrogens with zero attached hydrogens (tertiary/aromatic N) is 2. The Hall–Kier alpha value is -2.80. The molecule has 1 aromatic carbocycles. The second-order valence-electron chi connectivity index (χ2n) is 7.55. The van der Waals surface area contributed by atoms with Crippen LogP contribution in [0, 0.1) is 0 Å². The monoisotopic (exact) mass is 413 g/mol. The van der Waals surface area contributed by atoms with E-state index in [0.717, 1.165) is 37.2 Å². The van der Waals surface area contributed by atoms with Gasteiger partial charge in [-0.1, -0.05) is 37.3 Å². The molecule has 1 saturated heterocycles. The average Bonchev–Trinajstić information content (AvgIpc) is 3.46. The zero-order valence-electron chi connectivity index (χ0n) is 17.6. The average molecular weight is 414 g/mol. The smallest absolute Gasteiger partial charge is 0.318 e. The molecule has 7 nitrogen and oxygen atoms in total. The molecular weight excluding hydrogens is 382 g/mol. The number of carbonyl (C=O) groups is 2. The van der Waals surface area contributed by atoms with Crippen LogP contribution in [0.3, 0.4) is 0 Å². The molecule has 1 aliphatic heterocycles. The van der Waals surface area contributed by atoms with Gasteiger partial charge in [0.05, 0.1) is 18.9 Å². The molecular formula is C23H31N3O4. The van der Waals surface area contributed by atoms with Crippen molar-refractivity contribution >= 4 is 11.9 Å². The fourth-order valence-electron chi connectivity index (χ4n) is 3.55. The van der Waals surface area contributed by atoms with Crippen LogP contribution in [0.15, 0.2) is 53.1 Å². The highest BCUT2D eigenvalue weighted by atomic mass is 16.5. The molecule has 0 spiro atoms. The summed E-state index contributed by atoms with van der Waals surface area (Å²) in [7, 11) is 0. The molecule has 1 aromatic heterocycles. The Morgan fingerprint density at radius 2 is 1.97 bits per heavy atom. The lowest BCUT2D eigenvalue weighted by Gasteiger charge is -2.28. The minimum Gasteiger partial charge on any atom is -0.467 e. The van der Waals surface area contributed by atoms with Gasteiger partial charge < -0.3 is 24.3 Å².